The minimum Gasteiger partial charge on any atom is -0.486 e. The van der Waals surface area contributed by atoms with E-state index in [1.54, 1.807) is 12.1 Å². The summed E-state index contributed by atoms with van der Waals surface area (Å²) in [6.07, 6.45) is 1.50. The van der Waals surface area contributed by atoms with Gasteiger partial charge in [0.25, 0.3) is 10.0 Å². The molecule has 1 aliphatic rings. The molecule has 7 heteroatoms. The molecule has 1 aromatic heterocycles. The maximum atomic E-state index is 12.6. The van der Waals surface area contributed by atoms with Crippen LogP contribution < -0.4 is 14.2 Å². The first-order chi connectivity index (χ1) is 11.6. The summed E-state index contributed by atoms with van der Waals surface area (Å²) in [6, 6.07) is 13.8. The first kappa shape index (κ1) is 14.8. The third-order valence-corrected chi connectivity index (χ3v) is 5.05. The van der Waals surface area contributed by atoms with Gasteiger partial charge >= 0.3 is 0 Å². The van der Waals surface area contributed by atoms with E-state index in [0.29, 0.717) is 30.4 Å². The predicted octanol–water partition coefficient (Wildman–Crippen LogP) is 2.81. The monoisotopic (exact) mass is 342 g/mol. The lowest BCUT2D eigenvalue weighted by Gasteiger charge is -2.19. The number of hydrogen-bond acceptors (Lipinski definition) is 5. The molecular weight excluding hydrogens is 328 g/mol. The van der Waals surface area contributed by atoms with Crippen LogP contribution in [-0.4, -0.2) is 26.6 Å². The Morgan fingerprint density at radius 2 is 1.75 bits per heavy atom. The van der Waals surface area contributed by atoms with Crippen LogP contribution in [0.2, 0.25) is 0 Å². The Bertz CT molecular complexity index is 1020. The molecule has 0 bridgehead atoms. The molecule has 1 N–H and O–H groups in total. The quantitative estimate of drug-likeness (QED) is 0.792. The lowest BCUT2D eigenvalue weighted by molar-refractivity contribution is 0.171. The van der Waals surface area contributed by atoms with E-state index in [1.807, 2.05) is 24.3 Å². The Labute approximate surface area is 139 Å². The molecule has 122 valence electrons. The highest BCUT2D eigenvalue weighted by Gasteiger charge is 2.19. The number of benzene rings is 2. The fourth-order valence-corrected chi connectivity index (χ4v) is 3.58. The Kier molecular flexibility index (Phi) is 3.50. The molecule has 4 rings (SSSR count). The van der Waals surface area contributed by atoms with Crippen LogP contribution in [0.25, 0.3) is 10.9 Å². The van der Waals surface area contributed by atoms with Crippen molar-refractivity contribution in [2.75, 3.05) is 17.9 Å². The highest BCUT2D eigenvalue weighted by atomic mass is 32.2. The van der Waals surface area contributed by atoms with Gasteiger partial charge in [-0.2, -0.15) is 0 Å². The average molecular weight is 342 g/mol. The summed E-state index contributed by atoms with van der Waals surface area (Å²) in [6.45, 7) is 0.860. The third kappa shape index (κ3) is 2.74. The summed E-state index contributed by atoms with van der Waals surface area (Å²) < 4.78 is 38.6. The van der Waals surface area contributed by atoms with Crippen LogP contribution in [-0.2, 0) is 10.0 Å². The maximum absolute atomic E-state index is 12.6. The number of aromatic nitrogens is 1. The van der Waals surface area contributed by atoms with Gasteiger partial charge in [0, 0.05) is 11.5 Å². The molecule has 0 saturated heterocycles. The number of anilines is 1. The Hall–Kier alpha value is -2.80. The van der Waals surface area contributed by atoms with Crippen molar-refractivity contribution in [3.63, 3.8) is 0 Å². The minimum atomic E-state index is -3.74. The van der Waals surface area contributed by atoms with Crippen LogP contribution in [0.4, 0.5) is 5.69 Å². The first-order valence-corrected chi connectivity index (χ1v) is 8.87. The molecule has 3 aromatic rings. The summed E-state index contributed by atoms with van der Waals surface area (Å²) in [7, 11) is -3.74. The van der Waals surface area contributed by atoms with E-state index in [1.165, 1.54) is 18.3 Å². The van der Waals surface area contributed by atoms with Crippen molar-refractivity contribution in [2.24, 2.45) is 0 Å². The third-order valence-electron chi connectivity index (χ3n) is 3.67. The molecule has 24 heavy (non-hydrogen) atoms. The van der Waals surface area contributed by atoms with Crippen molar-refractivity contribution < 1.29 is 17.9 Å². The molecule has 0 aliphatic carbocycles. The highest BCUT2D eigenvalue weighted by molar-refractivity contribution is 7.92. The predicted molar refractivity (Wildman–Crippen MR) is 90.0 cm³/mol. The Morgan fingerprint density at radius 3 is 2.62 bits per heavy atom. The van der Waals surface area contributed by atoms with Gasteiger partial charge in [-0.25, -0.2) is 8.42 Å². The van der Waals surface area contributed by atoms with Gasteiger partial charge in [-0.1, -0.05) is 18.2 Å². The van der Waals surface area contributed by atoms with Gasteiger partial charge < -0.3 is 9.47 Å². The SMILES string of the molecule is O=S(=O)(Nc1cnc2ccccc2c1)c1ccc2c(c1)OCCO2. The molecule has 0 unspecified atom stereocenters. The molecular formula is C17H14N2O4S. The molecule has 2 aromatic carbocycles. The van der Waals surface area contributed by atoms with E-state index in [2.05, 4.69) is 9.71 Å². The van der Waals surface area contributed by atoms with E-state index >= 15 is 0 Å². The zero-order valence-electron chi connectivity index (χ0n) is 12.6. The normalized spacial score (nSPS) is 13.7. The number of para-hydroxylation sites is 1. The van der Waals surface area contributed by atoms with Gasteiger partial charge in [0.2, 0.25) is 0 Å². The molecule has 0 spiro atoms. The molecule has 0 atom stereocenters. The van der Waals surface area contributed by atoms with Crippen molar-refractivity contribution in [2.45, 2.75) is 4.90 Å². The van der Waals surface area contributed by atoms with E-state index < -0.39 is 10.0 Å². The molecule has 0 saturated carbocycles. The number of nitrogens with zero attached hydrogens (tertiary/aromatic N) is 1. The van der Waals surface area contributed by atoms with Crippen molar-refractivity contribution in [3.05, 3.63) is 54.7 Å². The van der Waals surface area contributed by atoms with Gasteiger partial charge in [-0.15, -0.1) is 0 Å². The molecule has 6 nitrogen and oxygen atoms in total. The van der Waals surface area contributed by atoms with Crippen LogP contribution >= 0.6 is 0 Å². The van der Waals surface area contributed by atoms with Crippen LogP contribution in [0.3, 0.4) is 0 Å². The smallest absolute Gasteiger partial charge is 0.262 e. The van der Waals surface area contributed by atoms with E-state index in [0.717, 1.165) is 10.9 Å². The second-order valence-electron chi connectivity index (χ2n) is 5.33. The first-order valence-electron chi connectivity index (χ1n) is 7.39. The summed E-state index contributed by atoms with van der Waals surface area (Å²) in [5.41, 5.74) is 1.21. The number of fused-ring (bicyclic) bond motifs is 2. The van der Waals surface area contributed by atoms with Crippen molar-refractivity contribution in [1.29, 1.82) is 0 Å². The van der Waals surface area contributed by atoms with Crippen LogP contribution in [0.15, 0.2) is 59.6 Å². The summed E-state index contributed by atoms with van der Waals surface area (Å²) in [5, 5.41) is 0.861. The fraction of sp³-hybridized carbons (Fsp3) is 0.118. The number of pyridine rings is 1. The zero-order valence-corrected chi connectivity index (χ0v) is 13.4. The van der Waals surface area contributed by atoms with Crippen molar-refractivity contribution in [3.8, 4) is 11.5 Å². The number of nitrogens with one attached hydrogen (secondary N) is 1. The summed E-state index contributed by atoms with van der Waals surface area (Å²) in [5.74, 6) is 0.980. The summed E-state index contributed by atoms with van der Waals surface area (Å²) >= 11 is 0. The van der Waals surface area contributed by atoms with E-state index in [4.69, 9.17) is 9.47 Å². The second-order valence-corrected chi connectivity index (χ2v) is 7.01. The molecule has 0 radical (unpaired) electrons. The second kappa shape index (κ2) is 5.68. The Morgan fingerprint density at radius 1 is 0.958 bits per heavy atom. The fourth-order valence-electron chi connectivity index (χ4n) is 2.53. The van der Waals surface area contributed by atoms with Gasteiger partial charge in [0.1, 0.15) is 13.2 Å². The van der Waals surface area contributed by atoms with E-state index in [-0.39, 0.29) is 4.90 Å². The van der Waals surface area contributed by atoms with Crippen LogP contribution in [0, 0.1) is 0 Å². The highest BCUT2D eigenvalue weighted by Crippen LogP contribution is 2.32. The number of rotatable bonds is 3. The maximum Gasteiger partial charge on any atom is 0.262 e. The number of hydrogen-bond donors (Lipinski definition) is 1. The van der Waals surface area contributed by atoms with Gasteiger partial charge in [-0.05, 0) is 24.3 Å². The lowest BCUT2D eigenvalue weighted by atomic mass is 10.2. The average Bonchev–Trinajstić information content (AvgIpc) is 2.61. The largest absolute Gasteiger partial charge is 0.486 e. The van der Waals surface area contributed by atoms with Gasteiger partial charge in [0.15, 0.2) is 11.5 Å². The van der Waals surface area contributed by atoms with Crippen LogP contribution in [0.1, 0.15) is 0 Å². The lowest BCUT2D eigenvalue weighted by Crippen LogP contribution is -2.17. The molecule has 0 fully saturated rings. The number of sulfonamides is 1. The Balaban J connectivity index is 1.66. The molecule has 1 aliphatic heterocycles. The van der Waals surface area contributed by atoms with Gasteiger partial charge in [0.05, 0.1) is 22.3 Å². The van der Waals surface area contributed by atoms with Crippen molar-refractivity contribution >= 4 is 26.6 Å². The van der Waals surface area contributed by atoms with Crippen molar-refractivity contribution in [1.82, 2.24) is 4.98 Å². The minimum absolute atomic E-state index is 0.111. The number of ether oxygens (including phenoxy) is 2. The van der Waals surface area contributed by atoms with Crippen LogP contribution in [0.5, 0.6) is 11.5 Å². The topological polar surface area (TPSA) is 77.5 Å². The molecule has 2 heterocycles. The summed E-state index contributed by atoms with van der Waals surface area (Å²) in [4.78, 5) is 4.37. The standard InChI is InChI=1S/C17H14N2O4S/c20-24(21,14-5-6-16-17(10-14)23-8-7-22-16)19-13-9-12-3-1-2-4-15(12)18-11-13/h1-6,9-11,19H,7-8H2. The van der Waals surface area contributed by atoms with E-state index in [9.17, 15) is 8.42 Å². The zero-order chi connectivity index (χ0) is 16.6. The van der Waals surface area contributed by atoms with Gasteiger partial charge in [-0.3, -0.25) is 9.71 Å². The molecule has 0 amide bonds.